The van der Waals surface area contributed by atoms with Gasteiger partial charge in [-0.3, -0.25) is 10.1 Å². The molecule has 1 aromatic heterocycles. The van der Waals surface area contributed by atoms with Gasteiger partial charge in [0.2, 0.25) is 5.88 Å². The minimum Gasteiger partial charge on any atom is -0.468 e. The summed E-state index contributed by atoms with van der Waals surface area (Å²) in [5.74, 6) is -0.275. The predicted molar refractivity (Wildman–Crippen MR) is 64.7 cm³/mol. The summed E-state index contributed by atoms with van der Waals surface area (Å²) in [6.45, 7) is 0.0506. The normalized spacial score (nSPS) is 11.6. The van der Waals surface area contributed by atoms with Crippen LogP contribution in [0.15, 0.2) is 24.4 Å². The molecule has 0 saturated carbocycles. The summed E-state index contributed by atoms with van der Waals surface area (Å²) >= 11 is 0. The molecule has 0 saturated heterocycles. The number of hydrogen-bond donors (Lipinski definition) is 0. The molecular formula is C12H9F3N2O3. The number of nitrogens with zero attached hydrogens (tertiary/aromatic N) is 2. The number of benzene rings is 1. The molecular weight excluding hydrogens is 277 g/mol. The number of rotatable bonds is 3. The van der Waals surface area contributed by atoms with E-state index in [9.17, 15) is 23.3 Å². The number of aryl methyl sites for hydroxylation is 1. The van der Waals surface area contributed by atoms with E-state index in [0.717, 1.165) is 0 Å². The minimum atomic E-state index is -4.50. The highest BCUT2D eigenvalue weighted by molar-refractivity contribution is 5.95. The van der Waals surface area contributed by atoms with Gasteiger partial charge in [-0.05, 0) is 19.1 Å². The molecule has 2 rings (SSSR count). The van der Waals surface area contributed by atoms with Crippen molar-refractivity contribution in [3.63, 3.8) is 0 Å². The first-order valence-electron chi connectivity index (χ1n) is 5.52. The molecule has 0 aliphatic rings. The number of aromatic nitrogens is 1. The maximum atomic E-state index is 12.2. The standard InChI is InChI=1S/C12H9F3N2O3/c1-7-2-3-9-8(10(7)17(18)19)4-5-16-11(9)20-6-12(13,14)15/h2-5H,6H2,1H3. The van der Waals surface area contributed by atoms with E-state index in [1.54, 1.807) is 6.92 Å². The van der Waals surface area contributed by atoms with Crippen LogP contribution in [0.25, 0.3) is 10.8 Å². The van der Waals surface area contributed by atoms with E-state index in [4.69, 9.17) is 0 Å². The summed E-state index contributed by atoms with van der Waals surface area (Å²) in [6, 6.07) is 4.28. The fourth-order valence-corrected chi connectivity index (χ4v) is 1.83. The highest BCUT2D eigenvalue weighted by Crippen LogP contribution is 2.33. The highest BCUT2D eigenvalue weighted by atomic mass is 19.4. The molecule has 0 fully saturated rings. The molecule has 106 valence electrons. The number of halogens is 3. The van der Waals surface area contributed by atoms with Crippen LogP contribution in [0.2, 0.25) is 0 Å². The number of fused-ring (bicyclic) bond motifs is 1. The first kappa shape index (κ1) is 14.0. The summed E-state index contributed by atoms with van der Waals surface area (Å²) in [6.07, 6.45) is -3.32. The highest BCUT2D eigenvalue weighted by Gasteiger charge is 2.29. The van der Waals surface area contributed by atoms with E-state index in [-0.39, 0.29) is 22.3 Å². The van der Waals surface area contributed by atoms with Crippen LogP contribution in [-0.2, 0) is 0 Å². The summed E-state index contributed by atoms with van der Waals surface area (Å²) in [7, 11) is 0. The van der Waals surface area contributed by atoms with Crippen LogP contribution < -0.4 is 4.74 Å². The second kappa shape index (κ2) is 4.95. The number of pyridine rings is 1. The number of nitro benzene ring substituents is 1. The maximum Gasteiger partial charge on any atom is 0.422 e. The summed E-state index contributed by atoms with van der Waals surface area (Å²) < 4.78 is 41.1. The number of ether oxygens (including phenoxy) is 1. The van der Waals surface area contributed by atoms with Crippen LogP contribution in [-0.4, -0.2) is 22.7 Å². The first-order valence-corrected chi connectivity index (χ1v) is 5.52. The Labute approximate surface area is 111 Å². The van der Waals surface area contributed by atoms with E-state index in [2.05, 4.69) is 9.72 Å². The average molecular weight is 286 g/mol. The monoisotopic (exact) mass is 286 g/mol. The molecule has 0 unspecified atom stereocenters. The second-order valence-corrected chi connectivity index (χ2v) is 4.10. The quantitative estimate of drug-likeness (QED) is 0.640. The molecule has 0 atom stereocenters. The van der Waals surface area contributed by atoms with Gasteiger partial charge in [0, 0.05) is 11.8 Å². The largest absolute Gasteiger partial charge is 0.468 e. The SMILES string of the molecule is Cc1ccc2c(OCC(F)(F)F)nccc2c1[N+](=O)[O-]. The van der Waals surface area contributed by atoms with Crippen LogP contribution in [0.5, 0.6) is 5.88 Å². The molecule has 0 bridgehead atoms. The van der Waals surface area contributed by atoms with E-state index in [1.165, 1.54) is 24.4 Å². The van der Waals surface area contributed by atoms with Gasteiger partial charge in [-0.1, -0.05) is 6.07 Å². The third-order valence-corrected chi connectivity index (χ3v) is 2.64. The molecule has 0 amide bonds. The van der Waals surface area contributed by atoms with Crippen molar-refractivity contribution in [2.45, 2.75) is 13.1 Å². The van der Waals surface area contributed by atoms with Gasteiger partial charge in [0.25, 0.3) is 5.69 Å². The van der Waals surface area contributed by atoms with E-state index >= 15 is 0 Å². The molecule has 0 N–H and O–H groups in total. The Hall–Kier alpha value is -2.38. The fourth-order valence-electron chi connectivity index (χ4n) is 1.83. The van der Waals surface area contributed by atoms with Crippen molar-refractivity contribution >= 4 is 16.5 Å². The Bertz CT molecular complexity index is 671. The van der Waals surface area contributed by atoms with Gasteiger partial charge in [0.15, 0.2) is 6.61 Å². The lowest BCUT2D eigenvalue weighted by Crippen LogP contribution is -2.19. The Morgan fingerprint density at radius 3 is 2.60 bits per heavy atom. The Kier molecular flexibility index (Phi) is 3.47. The molecule has 1 aromatic carbocycles. The third-order valence-electron chi connectivity index (χ3n) is 2.64. The molecule has 1 heterocycles. The predicted octanol–water partition coefficient (Wildman–Crippen LogP) is 3.39. The van der Waals surface area contributed by atoms with Crippen LogP contribution in [0, 0.1) is 17.0 Å². The molecule has 0 radical (unpaired) electrons. The third kappa shape index (κ3) is 2.79. The van der Waals surface area contributed by atoms with Crippen molar-refractivity contribution in [2.24, 2.45) is 0 Å². The second-order valence-electron chi connectivity index (χ2n) is 4.10. The van der Waals surface area contributed by atoms with Crippen LogP contribution in [0.1, 0.15) is 5.56 Å². The molecule has 0 aliphatic heterocycles. The zero-order chi connectivity index (χ0) is 14.9. The van der Waals surface area contributed by atoms with Crippen molar-refractivity contribution in [1.82, 2.24) is 4.98 Å². The Morgan fingerprint density at radius 1 is 1.30 bits per heavy atom. The number of hydrogen-bond acceptors (Lipinski definition) is 4. The van der Waals surface area contributed by atoms with Crippen molar-refractivity contribution in [3.8, 4) is 5.88 Å². The van der Waals surface area contributed by atoms with Gasteiger partial charge in [-0.25, -0.2) is 4.98 Å². The van der Waals surface area contributed by atoms with Gasteiger partial charge >= 0.3 is 6.18 Å². The number of alkyl halides is 3. The Morgan fingerprint density at radius 2 is 2.00 bits per heavy atom. The molecule has 5 nitrogen and oxygen atoms in total. The van der Waals surface area contributed by atoms with Gasteiger partial charge in [0.1, 0.15) is 0 Å². The van der Waals surface area contributed by atoms with Crippen molar-refractivity contribution in [3.05, 3.63) is 40.1 Å². The van der Waals surface area contributed by atoms with Gasteiger partial charge in [-0.2, -0.15) is 13.2 Å². The lowest BCUT2D eigenvalue weighted by atomic mass is 10.1. The number of nitro groups is 1. The molecule has 2 aromatic rings. The first-order chi connectivity index (χ1) is 9.29. The van der Waals surface area contributed by atoms with Crippen LogP contribution >= 0.6 is 0 Å². The van der Waals surface area contributed by atoms with E-state index < -0.39 is 17.7 Å². The minimum absolute atomic E-state index is 0.165. The molecule has 8 heteroatoms. The average Bonchev–Trinajstić information content (AvgIpc) is 2.34. The van der Waals surface area contributed by atoms with Gasteiger partial charge < -0.3 is 4.74 Å². The lowest BCUT2D eigenvalue weighted by Gasteiger charge is -2.10. The smallest absolute Gasteiger partial charge is 0.422 e. The van der Waals surface area contributed by atoms with E-state index in [0.29, 0.717) is 5.56 Å². The summed E-state index contributed by atoms with van der Waals surface area (Å²) in [4.78, 5) is 14.1. The van der Waals surface area contributed by atoms with Gasteiger partial charge in [0.05, 0.1) is 15.7 Å². The zero-order valence-corrected chi connectivity index (χ0v) is 10.3. The molecule has 20 heavy (non-hydrogen) atoms. The zero-order valence-electron chi connectivity index (χ0n) is 10.3. The Balaban J connectivity index is 2.54. The molecule has 0 aliphatic carbocycles. The fraction of sp³-hybridized carbons (Fsp3) is 0.250. The van der Waals surface area contributed by atoms with E-state index in [1.807, 2.05) is 0 Å². The van der Waals surface area contributed by atoms with Crippen LogP contribution in [0.4, 0.5) is 18.9 Å². The summed E-state index contributed by atoms with van der Waals surface area (Å²) in [5, 5.41) is 11.4. The topological polar surface area (TPSA) is 65.3 Å². The lowest BCUT2D eigenvalue weighted by molar-refractivity contribution is -0.383. The van der Waals surface area contributed by atoms with Gasteiger partial charge in [-0.15, -0.1) is 0 Å². The molecule has 0 spiro atoms. The summed E-state index contributed by atoms with van der Waals surface area (Å²) in [5.41, 5.74) is 0.247. The van der Waals surface area contributed by atoms with Crippen molar-refractivity contribution in [1.29, 1.82) is 0 Å². The van der Waals surface area contributed by atoms with Crippen molar-refractivity contribution in [2.75, 3.05) is 6.61 Å². The maximum absolute atomic E-state index is 12.2. The van der Waals surface area contributed by atoms with Crippen LogP contribution in [0.3, 0.4) is 0 Å². The van der Waals surface area contributed by atoms with Crippen molar-refractivity contribution < 1.29 is 22.8 Å².